The molecule has 9 rings (SSSR count). The molecule has 1 radical (unpaired) electrons. The molecule has 275 valence electrons. The van der Waals surface area contributed by atoms with Crippen LogP contribution in [0.25, 0.3) is 64.2 Å². The van der Waals surface area contributed by atoms with Gasteiger partial charge in [0, 0.05) is 27.5 Å². The van der Waals surface area contributed by atoms with Crippen molar-refractivity contribution >= 4 is 70.7 Å². The van der Waals surface area contributed by atoms with Crippen molar-refractivity contribution in [2.45, 2.75) is 44.4 Å². The predicted molar refractivity (Wildman–Crippen MR) is 231 cm³/mol. The van der Waals surface area contributed by atoms with E-state index in [9.17, 15) is 0 Å². The molecule has 6 heteroatoms. The van der Waals surface area contributed by atoms with E-state index in [4.69, 9.17) is 2.74 Å². The molecular formula is C49H41FGeIrN2S-2. The summed E-state index contributed by atoms with van der Waals surface area (Å²) in [5.74, 6) is 6.54. The average molecular weight is 976 g/mol. The van der Waals surface area contributed by atoms with Crippen molar-refractivity contribution in [1.29, 1.82) is 0 Å². The first-order chi connectivity index (χ1) is 26.8. The molecule has 6 aromatic carbocycles. The van der Waals surface area contributed by atoms with Gasteiger partial charge in [-0.2, -0.15) is 11.3 Å². The largest absolute Gasteiger partial charge is 0.302 e. The summed E-state index contributed by atoms with van der Waals surface area (Å²) < 4.78 is 36.4. The number of thiophene rings is 1. The van der Waals surface area contributed by atoms with Crippen molar-refractivity contribution in [2.24, 2.45) is 0 Å². The Labute approximate surface area is 346 Å². The predicted octanol–water partition coefficient (Wildman–Crippen LogP) is 13.0. The van der Waals surface area contributed by atoms with Crippen LogP contribution in [-0.2, 0) is 26.5 Å². The van der Waals surface area contributed by atoms with Gasteiger partial charge >= 0.3 is 106 Å². The van der Waals surface area contributed by atoms with E-state index in [-0.39, 0.29) is 25.7 Å². The van der Waals surface area contributed by atoms with E-state index >= 15 is 4.39 Å². The molecular weight excluding hydrogens is 932 g/mol. The Balaban J connectivity index is 0.000000232. The summed E-state index contributed by atoms with van der Waals surface area (Å²) in [6.45, 7) is 6.15. The number of aromatic nitrogens is 2. The molecule has 0 N–H and O–H groups in total. The van der Waals surface area contributed by atoms with Gasteiger partial charge in [0.15, 0.2) is 0 Å². The quantitative estimate of drug-likeness (QED) is 0.0976. The fourth-order valence-electron chi connectivity index (χ4n) is 7.16. The van der Waals surface area contributed by atoms with E-state index in [0.29, 0.717) is 11.3 Å². The van der Waals surface area contributed by atoms with Gasteiger partial charge < -0.3 is 4.98 Å². The van der Waals surface area contributed by atoms with Crippen molar-refractivity contribution in [2.75, 3.05) is 0 Å². The molecule has 0 bridgehead atoms. The van der Waals surface area contributed by atoms with E-state index in [1.165, 1.54) is 37.1 Å². The summed E-state index contributed by atoms with van der Waals surface area (Å²) in [6, 6.07) is 44.8. The van der Waals surface area contributed by atoms with Gasteiger partial charge in [0.25, 0.3) is 0 Å². The van der Waals surface area contributed by atoms with E-state index in [1.807, 2.05) is 43.3 Å². The van der Waals surface area contributed by atoms with Crippen LogP contribution in [0.4, 0.5) is 4.39 Å². The number of hydrogen-bond donors (Lipinski definition) is 0. The molecule has 0 spiro atoms. The zero-order chi connectivity index (χ0) is 39.4. The van der Waals surface area contributed by atoms with Crippen LogP contribution in [0.1, 0.15) is 30.6 Å². The summed E-state index contributed by atoms with van der Waals surface area (Å²) >= 11 is -0.104. The third kappa shape index (κ3) is 7.95. The number of nitrogens with zero attached hydrogens (tertiary/aromatic N) is 2. The number of aryl methyl sites for hydroxylation is 3. The van der Waals surface area contributed by atoms with Crippen molar-refractivity contribution in [3.8, 4) is 22.5 Å². The first-order valence-electron chi connectivity index (χ1n) is 19.2. The summed E-state index contributed by atoms with van der Waals surface area (Å²) in [5, 5.41) is 7.10. The van der Waals surface area contributed by atoms with Crippen molar-refractivity contribution in [3.05, 3.63) is 173 Å². The van der Waals surface area contributed by atoms with Gasteiger partial charge in [-0.3, -0.25) is 0 Å². The summed E-state index contributed by atoms with van der Waals surface area (Å²) in [4.78, 5) is 8.99. The maximum Gasteiger partial charge on any atom is 0.143 e. The zero-order valence-electron chi connectivity index (χ0n) is 33.6. The van der Waals surface area contributed by atoms with Crippen molar-refractivity contribution < 1.29 is 27.2 Å². The molecule has 0 aliphatic carbocycles. The van der Waals surface area contributed by atoms with Gasteiger partial charge in [-0.05, 0) is 86.4 Å². The van der Waals surface area contributed by atoms with Crippen LogP contribution in [0.5, 0.6) is 0 Å². The minimum Gasteiger partial charge on any atom is -0.302 e. The van der Waals surface area contributed by atoms with E-state index in [1.54, 1.807) is 29.5 Å². The zero-order valence-corrected chi connectivity index (χ0v) is 36.9. The first kappa shape index (κ1) is 36.1. The van der Waals surface area contributed by atoms with Crippen LogP contribution in [0.2, 0.25) is 17.3 Å². The van der Waals surface area contributed by atoms with Gasteiger partial charge in [-0.15, -0.1) is 23.8 Å². The Bertz CT molecular complexity index is 2940. The molecule has 3 aromatic heterocycles. The SMILES string of the molecule is Cc1cc(-c2[c-]cccc2)nc[c]1[Ge]([CH3])([CH3])[CH3].[2H]C([2H])(c1ccccc1C)c1cc(-c2[c-]ccc3c2sc2cc4c(ccc5ccc(C)cc54)cc23)ncc1F.[Ir]. The molecule has 0 amide bonds. The molecule has 0 fully saturated rings. The standard InChI is InChI=1S/C34H23FNS.C15H18GeN.Ir/c1-20-10-11-22-12-13-24-16-30-26-8-5-9-27(34(26)37-33(30)18-29(24)28(22)14-20)32-17-25(31(35)19-36-32)15-23-7-4-3-6-21(23)2;1-12-10-15(13-8-6-5-7-9-13)17-11-14(12)16(2,3)4;/h3-8,10-14,16-19H,15H2,1-2H3;5-8,10-11H,1-4H3;/q2*-1;/i15D2;;. The summed E-state index contributed by atoms with van der Waals surface area (Å²) in [6.07, 6.45) is 1.19. The van der Waals surface area contributed by atoms with E-state index < -0.39 is 25.5 Å². The number of halogens is 1. The molecule has 3 heterocycles. The van der Waals surface area contributed by atoms with Crippen LogP contribution in [-0.4, -0.2) is 23.2 Å². The molecule has 0 saturated carbocycles. The Hall–Kier alpha value is -4.52. The van der Waals surface area contributed by atoms with Gasteiger partial charge in [0.1, 0.15) is 5.82 Å². The van der Waals surface area contributed by atoms with Crippen LogP contribution < -0.4 is 4.40 Å². The second-order valence-electron chi connectivity index (χ2n) is 15.0. The van der Waals surface area contributed by atoms with Crippen LogP contribution in [0.15, 0.2) is 128 Å². The van der Waals surface area contributed by atoms with Gasteiger partial charge in [-0.1, -0.05) is 71.6 Å². The average Bonchev–Trinajstić information content (AvgIpc) is 3.55. The Kier molecular flexibility index (Phi) is 10.5. The summed E-state index contributed by atoms with van der Waals surface area (Å²) in [7, 11) is 0. The first-order valence-corrected chi connectivity index (χ1v) is 26.3. The maximum atomic E-state index is 15.1. The van der Waals surface area contributed by atoms with Crippen LogP contribution in [0, 0.1) is 38.7 Å². The fourth-order valence-corrected chi connectivity index (χ4v) is 12.0. The van der Waals surface area contributed by atoms with Crippen molar-refractivity contribution in [3.63, 3.8) is 0 Å². The van der Waals surface area contributed by atoms with Gasteiger partial charge in [0.2, 0.25) is 0 Å². The number of benzene rings is 6. The molecule has 55 heavy (non-hydrogen) atoms. The maximum absolute atomic E-state index is 15.1. The Morgan fingerprint density at radius 3 is 2.18 bits per heavy atom. The number of fused-ring (bicyclic) bond motifs is 6. The molecule has 9 aromatic rings. The fraction of sp³-hybridized carbons (Fsp3) is 0.143. The summed E-state index contributed by atoms with van der Waals surface area (Å²) in [5.41, 5.74) is 7.15. The van der Waals surface area contributed by atoms with E-state index in [0.717, 1.165) is 48.8 Å². The molecule has 0 saturated heterocycles. The molecule has 0 aliphatic rings. The van der Waals surface area contributed by atoms with Gasteiger partial charge in [-0.25, -0.2) is 4.39 Å². The Morgan fingerprint density at radius 2 is 1.42 bits per heavy atom. The number of hydrogen-bond acceptors (Lipinski definition) is 3. The minimum absolute atomic E-state index is 0. The van der Waals surface area contributed by atoms with Gasteiger partial charge in [0.05, 0.1) is 6.20 Å². The third-order valence-corrected chi connectivity index (χ3v) is 15.6. The number of rotatable bonds is 5. The number of pyridine rings is 2. The smallest absolute Gasteiger partial charge is 0.143 e. The molecule has 0 atom stereocenters. The van der Waals surface area contributed by atoms with Crippen molar-refractivity contribution in [1.82, 2.24) is 9.97 Å². The third-order valence-electron chi connectivity index (χ3n) is 9.97. The molecule has 0 unspecified atom stereocenters. The minimum atomic E-state index is -2.02. The topological polar surface area (TPSA) is 25.8 Å². The monoisotopic (exact) mass is 977 g/mol. The second kappa shape index (κ2) is 15.9. The molecule has 0 aliphatic heterocycles. The van der Waals surface area contributed by atoms with Crippen LogP contribution >= 0.6 is 11.3 Å². The molecule has 2 nitrogen and oxygen atoms in total. The second-order valence-corrected chi connectivity index (χ2v) is 26.6. The van der Waals surface area contributed by atoms with Crippen LogP contribution in [0.3, 0.4) is 0 Å². The normalized spacial score (nSPS) is 12.3. The van der Waals surface area contributed by atoms with E-state index in [2.05, 4.69) is 120 Å². The Morgan fingerprint density at radius 1 is 0.673 bits per heavy atom.